The quantitative estimate of drug-likeness (QED) is 0.706. The van der Waals surface area contributed by atoms with Crippen LogP contribution in [0.4, 0.5) is 0 Å². The summed E-state index contributed by atoms with van der Waals surface area (Å²) in [5.74, 6) is 0.0600. The molecule has 148 valence electrons. The van der Waals surface area contributed by atoms with Crippen LogP contribution in [0.2, 0.25) is 0 Å². The van der Waals surface area contributed by atoms with Crippen molar-refractivity contribution in [1.29, 1.82) is 0 Å². The van der Waals surface area contributed by atoms with Crippen LogP contribution >= 0.6 is 0 Å². The number of hydrogen-bond acceptors (Lipinski definition) is 5. The number of nitrogens with zero attached hydrogens (tertiary/aromatic N) is 3. The van der Waals surface area contributed by atoms with Gasteiger partial charge in [0.1, 0.15) is 11.8 Å². The first-order valence-electron chi connectivity index (χ1n) is 9.64. The fraction of sp³-hybridized carbons (Fsp3) is 0.429. The zero-order chi connectivity index (χ0) is 19.8. The Balaban J connectivity index is 1.53. The van der Waals surface area contributed by atoms with E-state index in [1.54, 1.807) is 0 Å². The molecule has 1 aliphatic heterocycles. The van der Waals surface area contributed by atoms with Crippen LogP contribution in [0.15, 0.2) is 28.8 Å². The van der Waals surface area contributed by atoms with Gasteiger partial charge in [0.25, 0.3) is 0 Å². The van der Waals surface area contributed by atoms with E-state index in [0.717, 1.165) is 58.8 Å². The lowest BCUT2D eigenvalue weighted by Crippen LogP contribution is -2.49. The number of nitrogens with one attached hydrogen (secondary N) is 1. The Bertz CT molecular complexity index is 979. The van der Waals surface area contributed by atoms with E-state index in [1.165, 1.54) is 0 Å². The molecule has 0 amide bonds. The first-order chi connectivity index (χ1) is 13.5. The first kappa shape index (κ1) is 18.7. The lowest BCUT2D eigenvalue weighted by molar-refractivity contribution is -0.144. The molecule has 1 saturated heterocycles. The standard InChI is InChI=1S/C21H26N4O3/c1-13-17(15(3)28-23-13)12-24-8-10-25(11-9-24)20(21(26)27)19-14(2)22-18-7-5-4-6-16(18)19/h4-7,20,22H,8-12H2,1-3H3,(H,26,27)/t20-/m0/s1. The van der Waals surface area contributed by atoms with Crippen molar-refractivity contribution in [3.8, 4) is 0 Å². The van der Waals surface area contributed by atoms with E-state index in [1.807, 2.05) is 45.0 Å². The molecule has 0 radical (unpaired) electrons. The third-order valence-electron chi connectivity index (χ3n) is 5.79. The number of rotatable bonds is 5. The number of aromatic nitrogens is 2. The summed E-state index contributed by atoms with van der Waals surface area (Å²) >= 11 is 0. The van der Waals surface area contributed by atoms with Crippen molar-refractivity contribution in [2.75, 3.05) is 26.2 Å². The van der Waals surface area contributed by atoms with Gasteiger partial charge in [-0.2, -0.15) is 0 Å². The lowest BCUT2D eigenvalue weighted by atomic mass is 10.0. The summed E-state index contributed by atoms with van der Waals surface area (Å²) in [4.78, 5) is 20.0. The Labute approximate surface area is 163 Å². The van der Waals surface area contributed by atoms with Crippen LogP contribution in [-0.2, 0) is 11.3 Å². The summed E-state index contributed by atoms with van der Waals surface area (Å²) in [5, 5.41) is 15.1. The molecule has 28 heavy (non-hydrogen) atoms. The van der Waals surface area contributed by atoms with E-state index in [9.17, 15) is 9.90 Å². The third-order valence-corrected chi connectivity index (χ3v) is 5.79. The summed E-state index contributed by atoms with van der Waals surface area (Å²) in [5.41, 5.74) is 4.85. The number of hydrogen-bond donors (Lipinski definition) is 2. The molecule has 7 heteroatoms. The molecule has 0 bridgehead atoms. The van der Waals surface area contributed by atoms with E-state index >= 15 is 0 Å². The smallest absolute Gasteiger partial charge is 0.325 e. The number of H-pyrrole nitrogens is 1. The second-order valence-electron chi connectivity index (χ2n) is 7.56. The van der Waals surface area contributed by atoms with E-state index in [0.29, 0.717) is 13.1 Å². The van der Waals surface area contributed by atoms with Crippen molar-refractivity contribution in [1.82, 2.24) is 19.9 Å². The summed E-state index contributed by atoms with van der Waals surface area (Å²) < 4.78 is 5.26. The van der Waals surface area contributed by atoms with Crippen LogP contribution in [0.5, 0.6) is 0 Å². The summed E-state index contributed by atoms with van der Waals surface area (Å²) in [6.45, 7) is 9.69. The predicted molar refractivity (Wildman–Crippen MR) is 106 cm³/mol. The van der Waals surface area contributed by atoms with Crippen LogP contribution in [0.1, 0.15) is 34.3 Å². The molecule has 3 aromatic rings. The zero-order valence-electron chi connectivity index (χ0n) is 16.5. The van der Waals surface area contributed by atoms with Gasteiger partial charge in [0.2, 0.25) is 0 Å². The predicted octanol–water partition coefficient (Wildman–Crippen LogP) is 3.02. The summed E-state index contributed by atoms with van der Waals surface area (Å²) in [6, 6.07) is 7.27. The van der Waals surface area contributed by atoms with Gasteiger partial charge in [-0.15, -0.1) is 0 Å². The van der Waals surface area contributed by atoms with Gasteiger partial charge < -0.3 is 14.6 Å². The Kier molecular flexibility index (Phi) is 4.95. The number of piperazine rings is 1. The molecule has 4 rings (SSSR count). The Morgan fingerprint density at radius 2 is 1.93 bits per heavy atom. The molecule has 1 aliphatic rings. The second-order valence-corrected chi connectivity index (χ2v) is 7.56. The molecule has 0 saturated carbocycles. The molecule has 3 heterocycles. The monoisotopic (exact) mass is 382 g/mol. The molecule has 7 nitrogen and oxygen atoms in total. The number of carboxylic acid groups (broad SMARTS) is 1. The van der Waals surface area contributed by atoms with Crippen LogP contribution in [-0.4, -0.2) is 57.2 Å². The lowest BCUT2D eigenvalue weighted by Gasteiger charge is -2.37. The number of aromatic amines is 1. The number of carboxylic acids is 1. The number of para-hydroxylation sites is 1. The number of aryl methyl sites for hydroxylation is 3. The van der Waals surface area contributed by atoms with Gasteiger partial charge in [-0.1, -0.05) is 23.4 Å². The first-order valence-corrected chi connectivity index (χ1v) is 9.64. The van der Waals surface area contributed by atoms with Gasteiger partial charge in [-0.25, -0.2) is 0 Å². The van der Waals surface area contributed by atoms with Crippen LogP contribution in [0.25, 0.3) is 10.9 Å². The minimum atomic E-state index is -0.799. The molecule has 0 spiro atoms. The minimum Gasteiger partial charge on any atom is -0.480 e. The van der Waals surface area contributed by atoms with E-state index in [-0.39, 0.29) is 0 Å². The van der Waals surface area contributed by atoms with E-state index in [4.69, 9.17) is 4.52 Å². The number of aliphatic carboxylic acids is 1. The van der Waals surface area contributed by atoms with Crippen molar-refractivity contribution in [3.05, 3.63) is 52.5 Å². The zero-order valence-corrected chi connectivity index (χ0v) is 16.5. The van der Waals surface area contributed by atoms with Crippen molar-refractivity contribution >= 4 is 16.9 Å². The molecular weight excluding hydrogens is 356 g/mol. The Morgan fingerprint density at radius 1 is 1.21 bits per heavy atom. The maximum absolute atomic E-state index is 12.2. The maximum atomic E-state index is 12.2. The Morgan fingerprint density at radius 3 is 2.57 bits per heavy atom. The van der Waals surface area contributed by atoms with E-state index < -0.39 is 12.0 Å². The van der Waals surface area contributed by atoms with Crippen molar-refractivity contribution in [2.24, 2.45) is 0 Å². The number of carbonyl (C=O) groups is 1. The normalized spacial score (nSPS) is 17.2. The summed E-state index contributed by atoms with van der Waals surface area (Å²) in [7, 11) is 0. The van der Waals surface area contributed by atoms with Crippen molar-refractivity contribution in [3.63, 3.8) is 0 Å². The maximum Gasteiger partial charge on any atom is 0.325 e. The van der Waals surface area contributed by atoms with Crippen LogP contribution in [0.3, 0.4) is 0 Å². The van der Waals surface area contributed by atoms with Gasteiger partial charge in [0, 0.05) is 60.4 Å². The largest absolute Gasteiger partial charge is 0.480 e. The number of benzene rings is 1. The Hall–Kier alpha value is -2.64. The van der Waals surface area contributed by atoms with E-state index in [2.05, 4.69) is 19.9 Å². The van der Waals surface area contributed by atoms with Crippen LogP contribution < -0.4 is 0 Å². The molecule has 1 atom stereocenters. The molecule has 2 aromatic heterocycles. The molecular formula is C21H26N4O3. The average molecular weight is 382 g/mol. The minimum absolute atomic E-state index is 0.641. The molecule has 2 N–H and O–H groups in total. The van der Waals surface area contributed by atoms with Gasteiger partial charge >= 0.3 is 5.97 Å². The van der Waals surface area contributed by atoms with Crippen molar-refractivity contribution < 1.29 is 14.4 Å². The average Bonchev–Trinajstić information content (AvgIpc) is 3.17. The SMILES string of the molecule is Cc1noc(C)c1CN1CCN([C@H](C(=O)O)c2c(C)[nH]c3ccccc23)CC1. The van der Waals surface area contributed by atoms with Crippen molar-refractivity contribution in [2.45, 2.75) is 33.4 Å². The molecule has 0 aliphatic carbocycles. The fourth-order valence-corrected chi connectivity index (χ4v) is 4.24. The highest BCUT2D eigenvalue weighted by Gasteiger charge is 2.33. The summed E-state index contributed by atoms with van der Waals surface area (Å²) in [6.07, 6.45) is 0. The van der Waals surface area contributed by atoms with Gasteiger partial charge in [0.05, 0.1) is 5.69 Å². The van der Waals surface area contributed by atoms with Gasteiger partial charge in [-0.3, -0.25) is 14.6 Å². The molecule has 0 unspecified atom stereocenters. The topological polar surface area (TPSA) is 85.6 Å². The van der Waals surface area contributed by atoms with Crippen LogP contribution in [0, 0.1) is 20.8 Å². The second kappa shape index (κ2) is 7.41. The van der Waals surface area contributed by atoms with Gasteiger partial charge in [0.15, 0.2) is 0 Å². The number of fused-ring (bicyclic) bond motifs is 1. The van der Waals surface area contributed by atoms with Gasteiger partial charge in [-0.05, 0) is 26.8 Å². The highest BCUT2D eigenvalue weighted by molar-refractivity contribution is 5.90. The highest BCUT2D eigenvalue weighted by Crippen LogP contribution is 2.32. The third kappa shape index (κ3) is 3.31. The molecule has 1 aromatic carbocycles. The highest BCUT2D eigenvalue weighted by atomic mass is 16.5. The fourth-order valence-electron chi connectivity index (χ4n) is 4.24. The molecule has 1 fully saturated rings.